The second-order valence-corrected chi connectivity index (χ2v) is 4.45. The first kappa shape index (κ1) is 13.5. The van der Waals surface area contributed by atoms with Gasteiger partial charge in [-0.3, -0.25) is 4.79 Å². The Labute approximate surface area is 111 Å². The van der Waals surface area contributed by atoms with Crippen LogP contribution in [0.3, 0.4) is 0 Å². The van der Waals surface area contributed by atoms with Crippen molar-refractivity contribution in [3.05, 3.63) is 24.2 Å². The van der Waals surface area contributed by atoms with Crippen molar-refractivity contribution in [2.45, 2.75) is 25.8 Å². The number of hydrogen-bond donors (Lipinski definition) is 1. The number of hydrogen-bond acceptors (Lipinski definition) is 4. The molecule has 2 amide bonds. The van der Waals surface area contributed by atoms with Gasteiger partial charge in [0, 0.05) is 19.1 Å². The lowest BCUT2D eigenvalue weighted by atomic mass is 10.1. The topological polar surface area (TPSA) is 71.8 Å². The van der Waals surface area contributed by atoms with Crippen molar-refractivity contribution >= 4 is 12.0 Å². The fourth-order valence-corrected chi connectivity index (χ4v) is 2.08. The lowest BCUT2D eigenvalue weighted by molar-refractivity contribution is 0.0859. The van der Waals surface area contributed by atoms with E-state index in [1.54, 1.807) is 17.9 Å². The highest BCUT2D eigenvalue weighted by atomic mass is 16.6. The first-order valence-corrected chi connectivity index (χ1v) is 6.45. The van der Waals surface area contributed by atoms with Gasteiger partial charge in [0.05, 0.1) is 18.4 Å². The molecule has 2 rings (SSSR count). The number of furan rings is 1. The Hall–Kier alpha value is -1.98. The number of nitrogens with one attached hydrogen (secondary N) is 1. The Morgan fingerprint density at radius 2 is 2.21 bits per heavy atom. The summed E-state index contributed by atoms with van der Waals surface area (Å²) in [4.78, 5) is 25.0. The molecular weight excluding hydrogens is 248 g/mol. The van der Waals surface area contributed by atoms with Gasteiger partial charge < -0.3 is 19.4 Å². The van der Waals surface area contributed by atoms with Crippen LogP contribution in [0.4, 0.5) is 4.79 Å². The van der Waals surface area contributed by atoms with E-state index in [2.05, 4.69) is 5.32 Å². The molecule has 1 aromatic rings. The number of likely N-dealkylation sites (tertiary alicyclic amines) is 1. The Kier molecular flexibility index (Phi) is 4.43. The predicted octanol–water partition coefficient (Wildman–Crippen LogP) is 1.63. The molecule has 1 N–H and O–H groups in total. The fourth-order valence-electron chi connectivity index (χ4n) is 2.08. The summed E-state index contributed by atoms with van der Waals surface area (Å²) in [5.41, 5.74) is 0.521. The first-order valence-electron chi connectivity index (χ1n) is 6.45. The normalized spacial score (nSPS) is 16.2. The van der Waals surface area contributed by atoms with E-state index in [4.69, 9.17) is 9.15 Å². The molecule has 1 aromatic heterocycles. The summed E-state index contributed by atoms with van der Waals surface area (Å²) in [6.07, 6.45) is 4.09. The van der Waals surface area contributed by atoms with Crippen molar-refractivity contribution < 1.29 is 18.7 Å². The highest BCUT2D eigenvalue weighted by molar-refractivity contribution is 5.93. The third kappa shape index (κ3) is 3.49. The van der Waals surface area contributed by atoms with Crippen molar-refractivity contribution in [1.82, 2.24) is 10.2 Å². The minimum atomic E-state index is -0.276. The van der Waals surface area contributed by atoms with Gasteiger partial charge in [0.2, 0.25) is 0 Å². The van der Waals surface area contributed by atoms with E-state index in [9.17, 15) is 9.59 Å². The van der Waals surface area contributed by atoms with Crippen LogP contribution in [0.1, 0.15) is 30.1 Å². The van der Waals surface area contributed by atoms with Gasteiger partial charge in [-0.2, -0.15) is 0 Å². The zero-order valence-electron chi connectivity index (χ0n) is 10.9. The van der Waals surface area contributed by atoms with Gasteiger partial charge in [-0.05, 0) is 25.8 Å². The van der Waals surface area contributed by atoms with E-state index in [0.717, 1.165) is 12.8 Å². The van der Waals surface area contributed by atoms with E-state index in [-0.39, 0.29) is 18.0 Å². The summed E-state index contributed by atoms with van der Waals surface area (Å²) in [5.74, 6) is -0.136. The molecule has 0 aromatic carbocycles. The Morgan fingerprint density at radius 1 is 1.47 bits per heavy atom. The molecule has 1 aliphatic rings. The van der Waals surface area contributed by atoms with Crippen LogP contribution >= 0.6 is 0 Å². The number of ether oxygens (including phenoxy) is 1. The molecule has 6 nitrogen and oxygen atoms in total. The predicted molar refractivity (Wildman–Crippen MR) is 67.8 cm³/mol. The number of rotatable bonds is 3. The number of nitrogens with zero attached hydrogens (tertiary/aromatic N) is 1. The third-order valence-corrected chi connectivity index (χ3v) is 3.14. The van der Waals surface area contributed by atoms with Gasteiger partial charge in [0.15, 0.2) is 0 Å². The zero-order chi connectivity index (χ0) is 13.7. The smallest absolute Gasteiger partial charge is 0.409 e. The largest absolute Gasteiger partial charge is 0.472 e. The van der Waals surface area contributed by atoms with Crippen LogP contribution in [-0.4, -0.2) is 42.6 Å². The van der Waals surface area contributed by atoms with Crippen LogP contribution in [0.2, 0.25) is 0 Å². The van der Waals surface area contributed by atoms with Gasteiger partial charge in [-0.25, -0.2) is 4.79 Å². The summed E-state index contributed by atoms with van der Waals surface area (Å²) in [6, 6.07) is 1.72. The lowest BCUT2D eigenvalue weighted by Crippen LogP contribution is -2.46. The molecule has 19 heavy (non-hydrogen) atoms. The van der Waals surface area contributed by atoms with Gasteiger partial charge in [-0.1, -0.05) is 0 Å². The average molecular weight is 266 g/mol. The molecule has 2 heterocycles. The van der Waals surface area contributed by atoms with Crippen LogP contribution in [0.5, 0.6) is 0 Å². The molecule has 0 unspecified atom stereocenters. The summed E-state index contributed by atoms with van der Waals surface area (Å²) in [5, 5.41) is 2.94. The molecule has 0 saturated carbocycles. The molecule has 0 spiro atoms. The van der Waals surface area contributed by atoms with Crippen molar-refractivity contribution in [3.8, 4) is 0 Å². The molecule has 0 bridgehead atoms. The third-order valence-electron chi connectivity index (χ3n) is 3.14. The number of carbonyl (C=O) groups is 2. The van der Waals surface area contributed by atoms with Crippen LogP contribution < -0.4 is 5.32 Å². The van der Waals surface area contributed by atoms with Gasteiger partial charge in [0.25, 0.3) is 5.91 Å². The summed E-state index contributed by atoms with van der Waals surface area (Å²) >= 11 is 0. The number of piperidine rings is 1. The van der Waals surface area contributed by atoms with E-state index in [1.807, 2.05) is 0 Å². The number of carbonyl (C=O) groups excluding carboxylic acids is 2. The van der Waals surface area contributed by atoms with Gasteiger partial charge >= 0.3 is 6.09 Å². The second kappa shape index (κ2) is 6.26. The molecule has 104 valence electrons. The maximum atomic E-state index is 11.8. The summed E-state index contributed by atoms with van der Waals surface area (Å²) < 4.78 is 9.81. The number of amides is 2. The standard InChI is InChI=1S/C13H18N2O4/c1-2-19-13(17)15-6-3-11(4-7-15)14-12(16)10-5-8-18-9-10/h5,8-9,11H,2-4,6-7H2,1H3,(H,14,16). The van der Waals surface area contributed by atoms with E-state index < -0.39 is 0 Å². The Morgan fingerprint density at radius 3 is 2.79 bits per heavy atom. The van der Waals surface area contributed by atoms with Crippen LogP contribution in [-0.2, 0) is 4.74 Å². The Bertz CT molecular complexity index is 422. The molecule has 1 aliphatic heterocycles. The minimum absolute atomic E-state index is 0.0908. The minimum Gasteiger partial charge on any atom is -0.472 e. The highest BCUT2D eigenvalue weighted by Gasteiger charge is 2.24. The summed E-state index contributed by atoms with van der Waals surface area (Å²) in [6.45, 7) is 3.39. The maximum absolute atomic E-state index is 11.8. The van der Waals surface area contributed by atoms with E-state index in [0.29, 0.717) is 25.3 Å². The molecule has 1 saturated heterocycles. The fraction of sp³-hybridized carbons (Fsp3) is 0.538. The molecule has 0 atom stereocenters. The van der Waals surface area contributed by atoms with E-state index >= 15 is 0 Å². The maximum Gasteiger partial charge on any atom is 0.409 e. The molecule has 0 radical (unpaired) electrons. The average Bonchev–Trinajstić information content (AvgIpc) is 2.94. The molecule has 6 heteroatoms. The SMILES string of the molecule is CCOC(=O)N1CCC(NC(=O)c2ccoc2)CC1. The molecular formula is C13H18N2O4. The highest BCUT2D eigenvalue weighted by Crippen LogP contribution is 2.12. The lowest BCUT2D eigenvalue weighted by Gasteiger charge is -2.31. The van der Waals surface area contributed by atoms with Crippen molar-refractivity contribution in [2.75, 3.05) is 19.7 Å². The first-order chi connectivity index (χ1) is 9.20. The van der Waals surface area contributed by atoms with Crippen LogP contribution in [0.25, 0.3) is 0 Å². The van der Waals surface area contributed by atoms with E-state index in [1.165, 1.54) is 12.5 Å². The van der Waals surface area contributed by atoms with Crippen molar-refractivity contribution in [2.24, 2.45) is 0 Å². The van der Waals surface area contributed by atoms with Gasteiger partial charge in [-0.15, -0.1) is 0 Å². The van der Waals surface area contributed by atoms with Crippen LogP contribution in [0, 0.1) is 0 Å². The van der Waals surface area contributed by atoms with Crippen molar-refractivity contribution in [3.63, 3.8) is 0 Å². The van der Waals surface area contributed by atoms with Crippen molar-refractivity contribution in [1.29, 1.82) is 0 Å². The Balaban J connectivity index is 1.77. The summed E-state index contributed by atoms with van der Waals surface area (Å²) in [7, 11) is 0. The molecule has 0 aliphatic carbocycles. The quantitative estimate of drug-likeness (QED) is 0.902. The monoisotopic (exact) mass is 266 g/mol. The molecule has 1 fully saturated rings. The second-order valence-electron chi connectivity index (χ2n) is 4.45. The zero-order valence-corrected chi connectivity index (χ0v) is 10.9. The van der Waals surface area contributed by atoms with Crippen LogP contribution in [0.15, 0.2) is 23.0 Å². The van der Waals surface area contributed by atoms with Gasteiger partial charge in [0.1, 0.15) is 6.26 Å².